The third kappa shape index (κ3) is 2.99. The maximum atomic E-state index is 12.4. The van der Waals surface area contributed by atoms with E-state index in [1.165, 1.54) is 0 Å². The van der Waals surface area contributed by atoms with Crippen LogP contribution < -0.4 is 4.90 Å². The first-order chi connectivity index (χ1) is 10.3. The van der Waals surface area contributed by atoms with Crippen LogP contribution in [0, 0.1) is 17.2 Å². The highest BCUT2D eigenvalue weighted by molar-refractivity contribution is 5.79. The lowest BCUT2D eigenvalue weighted by atomic mass is 9.95. The smallest absolute Gasteiger partial charge is 0.225 e. The predicted octanol–water partition coefficient (Wildman–Crippen LogP) is 1.79. The molecular weight excluding hydrogens is 264 g/mol. The summed E-state index contributed by atoms with van der Waals surface area (Å²) in [6.45, 7) is 3.55. The second-order valence-corrected chi connectivity index (χ2v) is 5.81. The van der Waals surface area contributed by atoms with Gasteiger partial charge in [0, 0.05) is 38.3 Å². The normalized spacial score (nSPS) is 19.6. The van der Waals surface area contributed by atoms with Gasteiger partial charge in [-0.05, 0) is 37.8 Å². The van der Waals surface area contributed by atoms with Crippen molar-refractivity contribution in [1.82, 2.24) is 9.88 Å². The van der Waals surface area contributed by atoms with Crippen LogP contribution in [-0.4, -0.2) is 42.0 Å². The highest BCUT2D eigenvalue weighted by atomic mass is 16.2. The summed E-state index contributed by atoms with van der Waals surface area (Å²) in [5, 5.41) is 8.95. The maximum absolute atomic E-state index is 12.4. The quantitative estimate of drug-likeness (QED) is 0.830. The van der Waals surface area contributed by atoms with Gasteiger partial charge in [0.05, 0.1) is 11.6 Å². The Morgan fingerprint density at radius 1 is 1.24 bits per heavy atom. The topological polar surface area (TPSA) is 60.2 Å². The molecule has 1 amide bonds. The molecular formula is C16H20N4O. The largest absolute Gasteiger partial charge is 0.357 e. The number of rotatable bonds is 2. The minimum absolute atomic E-state index is 0.165. The Bertz CT molecular complexity index is 552. The number of piperidine rings is 1. The summed E-state index contributed by atoms with van der Waals surface area (Å²) < 4.78 is 0. The molecule has 3 rings (SSSR count). The number of aromatic nitrogens is 1. The first-order valence-corrected chi connectivity index (χ1v) is 7.68. The van der Waals surface area contributed by atoms with E-state index in [2.05, 4.69) is 16.0 Å². The second kappa shape index (κ2) is 6.13. The number of hydrogen-bond acceptors (Lipinski definition) is 4. The summed E-state index contributed by atoms with van der Waals surface area (Å²) in [6.07, 6.45) is 5.74. The number of anilines is 1. The van der Waals surface area contributed by atoms with Crippen LogP contribution >= 0.6 is 0 Å². The van der Waals surface area contributed by atoms with Crippen molar-refractivity contribution < 1.29 is 4.79 Å². The van der Waals surface area contributed by atoms with Gasteiger partial charge in [0.25, 0.3) is 0 Å². The summed E-state index contributed by atoms with van der Waals surface area (Å²) in [6, 6.07) is 5.68. The molecule has 0 N–H and O–H groups in total. The molecule has 3 heterocycles. The molecule has 2 aliphatic rings. The van der Waals surface area contributed by atoms with Crippen LogP contribution in [0.25, 0.3) is 0 Å². The zero-order chi connectivity index (χ0) is 14.7. The zero-order valence-electron chi connectivity index (χ0n) is 12.2. The third-order valence-electron chi connectivity index (χ3n) is 4.46. The molecule has 0 atom stereocenters. The zero-order valence-corrected chi connectivity index (χ0v) is 12.2. The van der Waals surface area contributed by atoms with E-state index >= 15 is 0 Å². The third-order valence-corrected chi connectivity index (χ3v) is 4.46. The molecule has 0 spiro atoms. The average Bonchev–Trinajstić information content (AvgIpc) is 3.09. The number of pyridine rings is 1. The molecule has 5 nitrogen and oxygen atoms in total. The molecule has 21 heavy (non-hydrogen) atoms. The molecule has 5 heteroatoms. The number of nitrogens with zero attached hydrogens (tertiary/aromatic N) is 4. The lowest BCUT2D eigenvalue weighted by Gasteiger charge is -2.33. The number of likely N-dealkylation sites (tertiary alicyclic amines) is 1. The van der Waals surface area contributed by atoms with Crippen LogP contribution in [-0.2, 0) is 4.79 Å². The monoisotopic (exact) mass is 284 g/mol. The molecule has 0 unspecified atom stereocenters. The van der Waals surface area contributed by atoms with E-state index in [4.69, 9.17) is 5.26 Å². The van der Waals surface area contributed by atoms with Gasteiger partial charge < -0.3 is 9.80 Å². The van der Waals surface area contributed by atoms with Crippen molar-refractivity contribution in [2.45, 2.75) is 25.7 Å². The van der Waals surface area contributed by atoms with E-state index in [9.17, 15) is 4.79 Å². The molecule has 1 aromatic heterocycles. The summed E-state index contributed by atoms with van der Waals surface area (Å²) in [5.74, 6) is 1.35. The Balaban J connectivity index is 1.59. The fraction of sp³-hybridized carbons (Fsp3) is 0.562. The van der Waals surface area contributed by atoms with Crippen LogP contribution in [0.1, 0.15) is 31.2 Å². The number of nitriles is 1. The van der Waals surface area contributed by atoms with Crippen molar-refractivity contribution in [3.63, 3.8) is 0 Å². The molecule has 2 aliphatic heterocycles. The van der Waals surface area contributed by atoms with Gasteiger partial charge in [-0.2, -0.15) is 5.26 Å². The van der Waals surface area contributed by atoms with Crippen molar-refractivity contribution in [2.24, 2.45) is 5.92 Å². The molecule has 2 saturated heterocycles. The molecule has 0 radical (unpaired) electrons. The van der Waals surface area contributed by atoms with Gasteiger partial charge in [-0.25, -0.2) is 4.98 Å². The van der Waals surface area contributed by atoms with Gasteiger partial charge >= 0.3 is 0 Å². The summed E-state index contributed by atoms with van der Waals surface area (Å²) in [5.41, 5.74) is 0.635. The molecule has 0 bridgehead atoms. The van der Waals surface area contributed by atoms with E-state index in [-0.39, 0.29) is 5.92 Å². The van der Waals surface area contributed by atoms with Crippen LogP contribution in [0.5, 0.6) is 0 Å². The number of hydrogen-bond donors (Lipinski definition) is 0. The highest BCUT2D eigenvalue weighted by Gasteiger charge is 2.30. The van der Waals surface area contributed by atoms with Crippen molar-refractivity contribution in [2.75, 3.05) is 31.1 Å². The minimum atomic E-state index is 0.165. The first-order valence-electron chi connectivity index (χ1n) is 7.68. The minimum Gasteiger partial charge on any atom is -0.357 e. The molecule has 110 valence electrons. The SMILES string of the molecule is N#Cc1ccnc(N2CCC(C(=O)N3CCCC3)CC2)c1. The Hall–Kier alpha value is -2.09. The van der Waals surface area contributed by atoms with Crippen molar-refractivity contribution in [1.29, 1.82) is 5.26 Å². The fourth-order valence-electron chi connectivity index (χ4n) is 3.21. The van der Waals surface area contributed by atoms with Gasteiger partial charge in [-0.3, -0.25) is 4.79 Å². The summed E-state index contributed by atoms with van der Waals surface area (Å²) in [4.78, 5) is 20.9. The van der Waals surface area contributed by atoms with Crippen molar-refractivity contribution >= 4 is 11.7 Å². The summed E-state index contributed by atoms with van der Waals surface area (Å²) in [7, 11) is 0. The summed E-state index contributed by atoms with van der Waals surface area (Å²) >= 11 is 0. The maximum Gasteiger partial charge on any atom is 0.225 e. The molecule has 0 aromatic carbocycles. The van der Waals surface area contributed by atoms with Gasteiger partial charge in [0.15, 0.2) is 0 Å². The van der Waals surface area contributed by atoms with Gasteiger partial charge in [0.2, 0.25) is 5.91 Å². The van der Waals surface area contributed by atoms with Gasteiger partial charge in [-0.15, -0.1) is 0 Å². The van der Waals surface area contributed by atoms with E-state index < -0.39 is 0 Å². The number of amides is 1. The first kappa shape index (κ1) is 13.9. The lowest BCUT2D eigenvalue weighted by molar-refractivity contribution is -0.135. The second-order valence-electron chi connectivity index (χ2n) is 5.81. The van der Waals surface area contributed by atoms with Gasteiger partial charge in [0.1, 0.15) is 5.82 Å². The van der Waals surface area contributed by atoms with Crippen molar-refractivity contribution in [3.8, 4) is 6.07 Å². The Labute approximate surface area is 125 Å². The molecule has 0 saturated carbocycles. The van der Waals surface area contributed by atoms with E-state index in [1.54, 1.807) is 12.3 Å². The Kier molecular flexibility index (Phi) is 4.05. The number of carbonyl (C=O) groups excluding carboxylic acids is 1. The van der Waals surface area contributed by atoms with Crippen LogP contribution in [0.3, 0.4) is 0 Å². The van der Waals surface area contributed by atoms with Crippen LogP contribution in [0.4, 0.5) is 5.82 Å². The standard InChI is InChI=1S/C16H20N4O/c17-12-13-3-6-18-15(11-13)19-9-4-14(5-10-19)16(21)20-7-1-2-8-20/h3,6,11,14H,1-2,4-5,7-10H2. The van der Waals surface area contributed by atoms with Crippen LogP contribution in [0.2, 0.25) is 0 Å². The van der Waals surface area contributed by atoms with E-state index in [0.29, 0.717) is 11.5 Å². The van der Waals surface area contributed by atoms with E-state index in [0.717, 1.165) is 57.7 Å². The van der Waals surface area contributed by atoms with Crippen molar-refractivity contribution in [3.05, 3.63) is 23.9 Å². The Morgan fingerprint density at radius 3 is 2.62 bits per heavy atom. The lowest BCUT2D eigenvalue weighted by Crippen LogP contribution is -2.41. The molecule has 2 fully saturated rings. The Morgan fingerprint density at radius 2 is 1.95 bits per heavy atom. The number of carbonyl (C=O) groups is 1. The predicted molar refractivity (Wildman–Crippen MR) is 79.7 cm³/mol. The molecule has 0 aliphatic carbocycles. The fourth-order valence-corrected chi connectivity index (χ4v) is 3.21. The molecule has 1 aromatic rings. The average molecular weight is 284 g/mol. The van der Waals surface area contributed by atoms with Crippen LogP contribution in [0.15, 0.2) is 18.3 Å². The van der Waals surface area contributed by atoms with Gasteiger partial charge in [-0.1, -0.05) is 0 Å². The van der Waals surface area contributed by atoms with E-state index in [1.807, 2.05) is 11.0 Å². The highest BCUT2D eigenvalue weighted by Crippen LogP contribution is 2.25.